The largest absolute Gasteiger partial charge is 0.378 e. The lowest BCUT2D eigenvalue weighted by Crippen LogP contribution is -2.63. The summed E-state index contributed by atoms with van der Waals surface area (Å²) in [7, 11) is 0. The number of ether oxygens (including phenoxy) is 3. The van der Waals surface area contributed by atoms with Crippen molar-refractivity contribution in [1.29, 1.82) is 0 Å². The normalized spacial score (nSPS) is 36.8. The van der Waals surface area contributed by atoms with Gasteiger partial charge in [0.25, 0.3) is 0 Å². The second kappa shape index (κ2) is 20.6. The van der Waals surface area contributed by atoms with E-state index in [4.69, 9.17) is 37.1 Å². The second-order valence-electron chi connectivity index (χ2n) is 16.6. The molecule has 4 fully saturated rings. The average molecular weight is 679 g/mol. The molecule has 11 atom stereocenters. The minimum absolute atomic E-state index is 0.166. The van der Waals surface area contributed by atoms with Gasteiger partial charge < -0.3 is 47.8 Å². The fourth-order valence-corrected chi connectivity index (χ4v) is 11.2. The summed E-state index contributed by atoms with van der Waals surface area (Å²) in [5, 5.41) is 7.19. The molecule has 2 unspecified atom stereocenters. The minimum Gasteiger partial charge on any atom is -0.378 e. The fraction of sp³-hybridized carbons (Fsp3) is 1.00. The Bertz CT molecular complexity index is 885. The van der Waals surface area contributed by atoms with Gasteiger partial charge in [-0.1, -0.05) is 20.8 Å². The van der Waals surface area contributed by atoms with Gasteiger partial charge in [0, 0.05) is 25.2 Å². The quantitative estimate of drug-likeness (QED) is 0.0815. The van der Waals surface area contributed by atoms with Gasteiger partial charge >= 0.3 is 0 Å². The van der Waals surface area contributed by atoms with Crippen LogP contribution in [0.1, 0.15) is 111 Å². The standard InChI is InChI=1S/C39H78N6O3/c1-29(10-4-19-44-21-9-22-45-20-5-15-40)32-11-12-33-37-34(28-36(39(32,33)3)48-25-8-18-43)38(2)14-13-31(46-23-6-16-41)26-30(38)27-35(37)47-24-7-17-42/h29-37,44-45H,4-28,40-43H2,1-3H3/t29-,30?,31-,32-,33+,34+,35-,36+,37?,38+,39-/m1/s1. The molecule has 282 valence electrons. The zero-order valence-electron chi connectivity index (χ0n) is 31.4. The molecule has 0 bridgehead atoms. The molecule has 0 aliphatic heterocycles. The van der Waals surface area contributed by atoms with Crippen molar-refractivity contribution in [2.24, 2.45) is 69.3 Å². The van der Waals surface area contributed by atoms with E-state index in [1.54, 1.807) is 0 Å². The Balaban J connectivity index is 1.46. The predicted molar refractivity (Wildman–Crippen MR) is 199 cm³/mol. The molecule has 4 aliphatic rings. The van der Waals surface area contributed by atoms with Crippen molar-refractivity contribution in [2.75, 3.05) is 72.2 Å². The van der Waals surface area contributed by atoms with Crippen molar-refractivity contribution < 1.29 is 14.2 Å². The van der Waals surface area contributed by atoms with Crippen LogP contribution >= 0.6 is 0 Å². The first-order valence-electron chi connectivity index (χ1n) is 20.4. The van der Waals surface area contributed by atoms with Crippen molar-refractivity contribution in [2.45, 2.75) is 129 Å². The summed E-state index contributed by atoms with van der Waals surface area (Å²) in [5.41, 5.74) is 23.8. The summed E-state index contributed by atoms with van der Waals surface area (Å²) in [6.45, 7) is 17.3. The lowest BCUT2D eigenvalue weighted by molar-refractivity contribution is -0.227. The maximum atomic E-state index is 7.02. The Hall–Kier alpha value is -0.360. The first-order chi connectivity index (χ1) is 23.3. The number of hydrogen-bond donors (Lipinski definition) is 6. The van der Waals surface area contributed by atoms with Crippen LogP contribution in [0.25, 0.3) is 0 Å². The van der Waals surface area contributed by atoms with Gasteiger partial charge in [0.2, 0.25) is 0 Å². The van der Waals surface area contributed by atoms with Gasteiger partial charge in [-0.3, -0.25) is 0 Å². The van der Waals surface area contributed by atoms with Crippen LogP contribution in [0, 0.1) is 46.3 Å². The van der Waals surface area contributed by atoms with Gasteiger partial charge in [0.15, 0.2) is 0 Å². The maximum Gasteiger partial charge on any atom is 0.0637 e. The zero-order valence-corrected chi connectivity index (χ0v) is 31.4. The Kier molecular flexibility index (Phi) is 17.4. The first kappa shape index (κ1) is 40.4. The molecule has 0 aromatic carbocycles. The van der Waals surface area contributed by atoms with Crippen LogP contribution in [0.5, 0.6) is 0 Å². The predicted octanol–water partition coefficient (Wildman–Crippen LogP) is 4.40. The topological polar surface area (TPSA) is 156 Å². The van der Waals surface area contributed by atoms with E-state index in [1.807, 2.05) is 0 Å². The smallest absolute Gasteiger partial charge is 0.0637 e. The molecule has 0 saturated heterocycles. The first-order valence-corrected chi connectivity index (χ1v) is 20.4. The molecule has 4 saturated carbocycles. The zero-order chi connectivity index (χ0) is 34.4. The molecule has 48 heavy (non-hydrogen) atoms. The van der Waals surface area contributed by atoms with Gasteiger partial charge in [0.1, 0.15) is 0 Å². The number of nitrogens with one attached hydrogen (secondary N) is 2. The van der Waals surface area contributed by atoms with Gasteiger partial charge in [-0.15, -0.1) is 0 Å². The van der Waals surface area contributed by atoms with Gasteiger partial charge in [-0.2, -0.15) is 0 Å². The van der Waals surface area contributed by atoms with Crippen molar-refractivity contribution in [3.8, 4) is 0 Å². The average Bonchev–Trinajstić information content (AvgIpc) is 3.44. The van der Waals surface area contributed by atoms with E-state index in [1.165, 1.54) is 51.4 Å². The summed E-state index contributed by atoms with van der Waals surface area (Å²) in [6.07, 6.45) is 17.0. The van der Waals surface area contributed by atoms with Crippen LogP contribution in [-0.2, 0) is 14.2 Å². The van der Waals surface area contributed by atoms with Gasteiger partial charge in [-0.05, 0) is 183 Å². The monoisotopic (exact) mass is 679 g/mol. The molecule has 4 rings (SSSR count). The van der Waals surface area contributed by atoms with Crippen molar-refractivity contribution >= 4 is 0 Å². The molecule has 9 heteroatoms. The van der Waals surface area contributed by atoms with Crippen LogP contribution in [0.3, 0.4) is 0 Å². The van der Waals surface area contributed by atoms with Crippen molar-refractivity contribution in [3.05, 3.63) is 0 Å². The number of nitrogens with two attached hydrogens (primary N) is 4. The summed E-state index contributed by atoms with van der Waals surface area (Å²) in [5.74, 6) is 3.83. The van der Waals surface area contributed by atoms with Crippen molar-refractivity contribution in [1.82, 2.24) is 10.6 Å². The lowest BCUT2D eigenvalue weighted by Gasteiger charge is -2.65. The fourth-order valence-electron chi connectivity index (χ4n) is 11.2. The van der Waals surface area contributed by atoms with E-state index in [0.717, 1.165) is 91.1 Å². The second-order valence-corrected chi connectivity index (χ2v) is 16.6. The Labute approximate surface area is 294 Å². The third-order valence-electron chi connectivity index (χ3n) is 13.8. The molecular formula is C39H78N6O3. The van der Waals surface area contributed by atoms with E-state index in [-0.39, 0.29) is 11.5 Å². The third kappa shape index (κ3) is 9.94. The van der Waals surface area contributed by atoms with Crippen LogP contribution in [-0.4, -0.2) is 90.5 Å². The van der Waals surface area contributed by atoms with Crippen LogP contribution in [0.2, 0.25) is 0 Å². The number of rotatable bonds is 24. The maximum absolute atomic E-state index is 7.02. The molecular weight excluding hydrogens is 600 g/mol. The molecule has 0 aromatic rings. The molecule has 0 radical (unpaired) electrons. The number of hydrogen-bond acceptors (Lipinski definition) is 9. The van der Waals surface area contributed by atoms with Crippen LogP contribution < -0.4 is 33.6 Å². The molecule has 0 heterocycles. The van der Waals surface area contributed by atoms with E-state index >= 15 is 0 Å². The highest BCUT2D eigenvalue weighted by Gasteiger charge is 2.66. The highest BCUT2D eigenvalue weighted by Crippen LogP contribution is 2.69. The Morgan fingerprint density at radius 1 is 0.667 bits per heavy atom. The highest BCUT2D eigenvalue weighted by molar-refractivity contribution is 5.15. The van der Waals surface area contributed by atoms with E-state index in [0.29, 0.717) is 72.8 Å². The van der Waals surface area contributed by atoms with E-state index in [9.17, 15) is 0 Å². The lowest BCUT2D eigenvalue weighted by atomic mass is 9.43. The molecule has 0 spiro atoms. The molecule has 10 N–H and O–H groups in total. The molecule has 0 aromatic heterocycles. The molecule has 0 amide bonds. The Morgan fingerprint density at radius 2 is 1.29 bits per heavy atom. The van der Waals surface area contributed by atoms with Gasteiger partial charge in [-0.25, -0.2) is 0 Å². The third-order valence-corrected chi connectivity index (χ3v) is 13.8. The van der Waals surface area contributed by atoms with Crippen LogP contribution in [0.4, 0.5) is 0 Å². The molecule has 4 aliphatic carbocycles. The Morgan fingerprint density at radius 3 is 1.98 bits per heavy atom. The van der Waals surface area contributed by atoms with Crippen molar-refractivity contribution in [3.63, 3.8) is 0 Å². The van der Waals surface area contributed by atoms with E-state index < -0.39 is 0 Å². The SMILES string of the molecule is C[C@H](CCCNCCCNCCCN)[C@H]1CC[C@H]2C3[C@H](OCCCN)CC4C[C@H](OCCCN)CC[C@]4(C)[C@H]3C[C@H](OCCCN)[C@]12C. The van der Waals surface area contributed by atoms with E-state index in [2.05, 4.69) is 31.4 Å². The summed E-state index contributed by atoms with van der Waals surface area (Å²) < 4.78 is 20.3. The number of fused-ring (bicyclic) bond motifs is 5. The summed E-state index contributed by atoms with van der Waals surface area (Å²) in [6, 6.07) is 0. The summed E-state index contributed by atoms with van der Waals surface area (Å²) in [4.78, 5) is 0. The highest BCUT2D eigenvalue weighted by atomic mass is 16.5. The molecule has 9 nitrogen and oxygen atoms in total. The minimum atomic E-state index is 0.166. The summed E-state index contributed by atoms with van der Waals surface area (Å²) >= 11 is 0. The van der Waals surface area contributed by atoms with Gasteiger partial charge in [0.05, 0.1) is 18.3 Å². The van der Waals surface area contributed by atoms with Crippen LogP contribution in [0.15, 0.2) is 0 Å².